The number of aliphatic carboxylic acids is 1. The molecule has 0 unspecified atom stereocenters. The Balaban J connectivity index is 1.90. The van der Waals surface area contributed by atoms with Gasteiger partial charge >= 0.3 is 5.97 Å². The molecular formula is C23H23ClN2O5S. The van der Waals surface area contributed by atoms with E-state index in [0.717, 1.165) is 5.56 Å². The second-order valence-electron chi connectivity index (χ2n) is 7.38. The Hall–Kier alpha value is -2.97. The molecule has 0 radical (unpaired) electrons. The molecule has 1 saturated heterocycles. The minimum absolute atomic E-state index is 0.124. The second kappa shape index (κ2) is 10.6. The number of carbonyl (C=O) groups excluding carboxylic acids is 1. The van der Waals surface area contributed by atoms with E-state index in [2.05, 4.69) is 4.99 Å². The van der Waals surface area contributed by atoms with E-state index in [0.29, 0.717) is 38.8 Å². The fourth-order valence-electron chi connectivity index (χ4n) is 2.93. The van der Waals surface area contributed by atoms with Crippen molar-refractivity contribution in [3.8, 4) is 11.5 Å². The van der Waals surface area contributed by atoms with Gasteiger partial charge in [0, 0.05) is 11.6 Å². The van der Waals surface area contributed by atoms with Crippen LogP contribution in [0.1, 0.15) is 19.4 Å². The van der Waals surface area contributed by atoms with Crippen molar-refractivity contribution in [3.63, 3.8) is 0 Å². The Bertz CT molecular complexity index is 1070. The molecule has 2 aromatic carbocycles. The van der Waals surface area contributed by atoms with Gasteiger partial charge in [0.2, 0.25) is 0 Å². The summed E-state index contributed by atoms with van der Waals surface area (Å²) in [6.07, 6.45) is 1.76. The number of hydrogen-bond acceptors (Lipinski definition) is 6. The van der Waals surface area contributed by atoms with Crippen LogP contribution in [-0.2, 0) is 9.59 Å². The number of thioether (sulfide) groups is 1. The van der Waals surface area contributed by atoms with Crippen LogP contribution < -0.4 is 9.47 Å². The lowest BCUT2D eigenvalue weighted by Crippen LogP contribution is -2.32. The summed E-state index contributed by atoms with van der Waals surface area (Å²) in [5, 5.41) is 10.0. The highest BCUT2D eigenvalue weighted by molar-refractivity contribution is 8.18. The van der Waals surface area contributed by atoms with E-state index in [1.54, 1.807) is 53.4 Å². The number of carbonyl (C=O) groups is 2. The lowest BCUT2D eigenvalue weighted by atomic mass is 10.1. The Morgan fingerprint density at radius 3 is 2.56 bits per heavy atom. The Morgan fingerprint density at radius 1 is 1.22 bits per heavy atom. The number of amides is 1. The molecule has 1 amide bonds. The van der Waals surface area contributed by atoms with E-state index in [1.165, 1.54) is 18.9 Å². The lowest BCUT2D eigenvalue weighted by molar-refractivity contribution is -0.139. The summed E-state index contributed by atoms with van der Waals surface area (Å²) < 4.78 is 10.5. The maximum absolute atomic E-state index is 13.1. The van der Waals surface area contributed by atoms with Crippen molar-refractivity contribution in [3.05, 3.63) is 58.0 Å². The van der Waals surface area contributed by atoms with Crippen LogP contribution in [0.3, 0.4) is 0 Å². The van der Waals surface area contributed by atoms with Gasteiger partial charge < -0.3 is 14.6 Å². The maximum atomic E-state index is 13.1. The summed E-state index contributed by atoms with van der Waals surface area (Å²) in [6, 6.07) is 12.2. The van der Waals surface area contributed by atoms with E-state index in [4.69, 9.17) is 26.2 Å². The van der Waals surface area contributed by atoms with Gasteiger partial charge in [-0.15, -0.1) is 0 Å². The summed E-state index contributed by atoms with van der Waals surface area (Å²) in [5.41, 5.74) is 1.43. The van der Waals surface area contributed by atoms with Crippen LogP contribution in [-0.4, -0.2) is 47.3 Å². The van der Waals surface area contributed by atoms with Gasteiger partial charge in [-0.2, -0.15) is 0 Å². The van der Waals surface area contributed by atoms with E-state index in [-0.39, 0.29) is 11.8 Å². The number of nitrogens with zero attached hydrogens (tertiary/aromatic N) is 2. The van der Waals surface area contributed by atoms with Crippen molar-refractivity contribution in [2.24, 2.45) is 10.9 Å². The Kier molecular flexibility index (Phi) is 7.82. The minimum Gasteiger partial charge on any atom is -0.493 e. The number of benzene rings is 2. The van der Waals surface area contributed by atoms with Gasteiger partial charge in [0.1, 0.15) is 0 Å². The summed E-state index contributed by atoms with van der Waals surface area (Å²) in [4.78, 5) is 30.7. The summed E-state index contributed by atoms with van der Waals surface area (Å²) in [5.74, 6) is -0.246. The van der Waals surface area contributed by atoms with Crippen LogP contribution >= 0.6 is 23.4 Å². The van der Waals surface area contributed by atoms with Crippen LogP contribution in [0.5, 0.6) is 11.5 Å². The zero-order chi connectivity index (χ0) is 23.3. The first-order chi connectivity index (χ1) is 15.3. The molecule has 2 aromatic rings. The average molecular weight is 475 g/mol. The summed E-state index contributed by atoms with van der Waals surface area (Å²) in [6.45, 7) is 4.15. The van der Waals surface area contributed by atoms with Crippen LogP contribution in [0.25, 0.3) is 6.08 Å². The first kappa shape index (κ1) is 23.7. The molecule has 1 fully saturated rings. The number of carboxylic acid groups (broad SMARTS) is 1. The third-order valence-electron chi connectivity index (χ3n) is 4.32. The van der Waals surface area contributed by atoms with Crippen molar-refractivity contribution < 1.29 is 24.2 Å². The lowest BCUT2D eigenvalue weighted by Gasteiger charge is -2.17. The van der Waals surface area contributed by atoms with E-state index < -0.39 is 12.6 Å². The largest absolute Gasteiger partial charge is 0.493 e. The molecule has 7 nitrogen and oxygen atoms in total. The highest BCUT2D eigenvalue weighted by Crippen LogP contribution is 2.36. The normalized spacial score (nSPS) is 16.3. The fraction of sp³-hybridized carbons (Fsp3) is 0.261. The fourth-order valence-corrected chi connectivity index (χ4v) is 4.06. The first-order valence-corrected chi connectivity index (χ1v) is 11.0. The second-order valence-corrected chi connectivity index (χ2v) is 8.83. The van der Waals surface area contributed by atoms with Gasteiger partial charge in [0.25, 0.3) is 5.91 Å². The molecule has 32 heavy (non-hydrogen) atoms. The molecule has 1 heterocycles. The van der Waals surface area contributed by atoms with E-state index in [9.17, 15) is 9.59 Å². The third-order valence-corrected chi connectivity index (χ3v) is 5.58. The van der Waals surface area contributed by atoms with Crippen molar-refractivity contribution in [1.29, 1.82) is 0 Å². The van der Waals surface area contributed by atoms with Crippen LogP contribution in [0.4, 0.5) is 5.69 Å². The van der Waals surface area contributed by atoms with Crippen molar-refractivity contribution >= 4 is 52.2 Å². The number of aliphatic imine (C=N–C) groups is 1. The molecule has 0 spiro atoms. The highest BCUT2D eigenvalue weighted by atomic mass is 35.5. The molecule has 0 aliphatic carbocycles. The standard InChI is InChI=1S/C23H23ClN2O5S/c1-14(2)12-26-22(29)20(32-23(26)25-17-7-5-16(24)6-8-17)11-15-4-9-18(19(10-15)30-3)31-13-21(27)28/h4-11,14H,12-13H2,1-3H3,(H,27,28)/b20-11-,25-23?. The van der Waals surface area contributed by atoms with E-state index >= 15 is 0 Å². The zero-order valence-corrected chi connectivity index (χ0v) is 19.4. The van der Waals surface area contributed by atoms with Crippen molar-refractivity contribution in [2.75, 3.05) is 20.3 Å². The number of amidine groups is 1. The number of ether oxygens (including phenoxy) is 2. The molecule has 3 rings (SSSR count). The number of methoxy groups -OCH3 is 1. The molecule has 1 aliphatic heterocycles. The minimum atomic E-state index is -1.08. The number of carboxylic acids is 1. The maximum Gasteiger partial charge on any atom is 0.341 e. The third kappa shape index (κ3) is 6.05. The average Bonchev–Trinajstić information content (AvgIpc) is 3.02. The summed E-state index contributed by atoms with van der Waals surface area (Å²) in [7, 11) is 1.47. The van der Waals surface area contributed by atoms with Crippen LogP contribution in [0.2, 0.25) is 5.02 Å². The molecule has 1 N–H and O–H groups in total. The van der Waals surface area contributed by atoms with Crippen molar-refractivity contribution in [2.45, 2.75) is 13.8 Å². The molecule has 0 saturated carbocycles. The SMILES string of the molecule is COc1cc(/C=C2\SC(=Nc3ccc(Cl)cc3)N(CC(C)C)C2=O)ccc1OCC(=O)O. The van der Waals surface area contributed by atoms with Crippen LogP contribution in [0, 0.1) is 5.92 Å². The van der Waals surface area contributed by atoms with Crippen LogP contribution in [0.15, 0.2) is 52.4 Å². The van der Waals surface area contributed by atoms with Crippen molar-refractivity contribution in [1.82, 2.24) is 4.90 Å². The zero-order valence-electron chi connectivity index (χ0n) is 17.9. The van der Waals surface area contributed by atoms with Gasteiger partial charge in [0.15, 0.2) is 23.3 Å². The van der Waals surface area contributed by atoms with Gasteiger partial charge in [-0.25, -0.2) is 9.79 Å². The molecular weight excluding hydrogens is 452 g/mol. The first-order valence-electron chi connectivity index (χ1n) is 9.85. The predicted molar refractivity (Wildman–Crippen MR) is 127 cm³/mol. The smallest absolute Gasteiger partial charge is 0.341 e. The van der Waals surface area contributed by atoms with Gasteiger partial charge in [-0.3, -0.25) is 9.69 Å². The molecule has 0 atom stereocenters. The predicted octanol–water partition coefficient (Wildman–Crippen LogP) is 5.07. The quantitative estimate of drug-likeness (QED) is 0.537. The molecule has 0 bridgehead atoms. The molecule has 9 heteroatoms. The van der Waals surface area contributed by atoms with Gasteiger partial charge in [0.05, 0.1) is 17.7 Å². The Labute approximate surface area is 195 Å². The number of halogens is 1. The van der Waals surface area contributed by atoms with Gasteiger partial charge in [-0.1, -0.05) is 31.5 Å². The topological polar surface area (TPSA) is 88.4 Å². The van der Waals surface area contributed by atoms with E-state index in [1.807, 2.05) is 13.8 Å². The number of rotatable bonds is 8. The monoisotopic (exact) mass is 474 g/mol. The summed E-state index contributed by atoms with van der Waals surface area (Å²) >= 11 is 7.26. The van der Waals surface area contributed by atoms with Gasteiger partial charge in [-0.05, 0) is 65.7 Å². The highest BCUT2D eigenvalue weighted by Gasteiger charge is 2.33. The number of hydrogen-bond donors (Lipinski definition) is 1. The molecule has 1 aliphatic rings. The molecule has 168 valence electrons. The molecule has 0 aromatic heterocycles. The Morgan fingerprint density at radius 2 is 1.94 bits per heavy atom.